The first-order chi connectivity index (χ1) is 4.73. The summed E-state index contributed by atoms with van der Waals surface area (Å²) in [5, 5.41) is 0. The Morgan fingerprint density at radius 1 is 1.20 bits per heavy atom. The fourth-order valence-corrected chi connectivity index (χ4v) is 4.36. The van der Waals surface area contributed by atoms with Gasteiger partial charge in [0.2, 0.25) is 0 Å². The van der Waals surface area contributed by atoms with Gasteiger partial charge in [0.15, 0.2) is 4.58 Å². The highest BCUT2D eigenvalue weighted by Crippen LogP contribution is 2.78. The molecule has 0 radical (unpaired) electrons. The van der Waals surface area contributed by atoms with Gasteiger partial charge in [-0.2, -0.15) is 0 Å². The first-order valence-corrected chi connectivity index (χ1v) is 4.90. The fourth-order valence-electron chi connectivity index (χ4n) is 3.24. The van der Waals surface area contributed by atoms with Crippen LogP contribution in [0.4, 0.5) is 4.39 Å². The van der Waals surface area contributed by atoms with Crippen molar-refractivity contribution in [3.8, 4) is 0 Å². The minimum absolute atomic E-state index is 0.417. The van der Waals surface area contributed by atoms with E-state index in [0.717, 1.165) is 11.8 Å². The van der Waals surface area contributed by atoms with Gasteiger partial charge in [-0.05, 0) is 40.6 Å². The summed E-state index contributed by atoms with van der Waals surface area (Å²) in [5.74, 6) is 2.35. The van der Waals surface area contributed by atoms with Crippen LogP contribution in [0.2, 0.25) is 0 Å². The average Bonchev–Trinajstić information content (AvgIpc) is 2.16. The zero-order valence-electron chi connectivity index (χ0n) is 5.69. The number of hydrogen-bond acceptors (Lipinski definition) is 0. The van der Waals surface area contributed by atoms with Gasteiger partial charge in [0.05, 0.1) is 0 Å². The van der Waals surface area contributed by atoms with Gasteiger partial charge in [0.25, 0.3) is 0 Å². The second kappa shape index (κ2) is 1.45. The second-order valence-corrected chi connectivity index (χ2v) is 5.20. The lowest BCUT2D eigenvalue weighted by molar-refractivity contribution is 0.195. The molecule has 3 aliphatic carbocycles. The first-order valence-electron chi connectivity index (χ1n) is 4.11. The van der Waals surface area contributed by atoms with Crippen LogP contribution in [0.15, 0.2) is 0 Å². The van der Waals surface area contributed by atoms with Crippen molar-refractivity contribution in [3.05, 3.63) is 0 Å². The SMILES string of the molecule is FC1(Br)[C@@H]2[C@H]3CCC[C@H]3[C@@H]21. The van der Waals surface area contributed by atoms with E-state index in [-0.39, 0.29) is 0 Å². The lowest BCUT2D eigenvalue weighted by atomic mass is 9.77. The molecule has 10 heavy (non-hydrogen) atoms. The summed E-state index contributed by atoms with van der Waals surface area (Å²) in [6, 6.07) is 0. The largest absolute Gasteiger partial charge is 0.231 e. The highest BCUT2D eigenvalue weighted by molar-refractivity contribution is 9.10. The minimum Gasteiger partial charge on any atom is -0.231 e. The van der Waals surface area contributed by atoms with Crippen LogP contribution in [0, 0.1) is 23.7 Å². The zero-order valence-corrected chi connectivity index (χ0v) is 7.27. The third-order valence-corrected chi connectivity index (χ3v) is 4.77. The van der Waals surface area contributed by atoms with Crippen molar-refractivity contribution in [2.75, 3.05) is 0 Å². The van der Waals surface area contributed by atoms with Crippen molar-refractivity contribution in [1.82, 2.24) is 0 Å². The summed E-state index contributed by atoms with van der Waals surface area (Å²) in [6.45, 7) is 0. The Bertz CT molecular complexity index is 160. The molecule has 56 valence electrons. The molecule has 0 aromatic rings. The summed E-state index contributed by atoms with van der Waals surface area (Å²) in [7, 11) is 0. The Morgan fingerprint density at radius 2 is 1.70 bits per heavy atom. The average molecular weight is 205 g/mol. The van der Waals surface area contributed by atoms with E-state index >= 15 is 0 Å². The van der Waals surface area contributed by atoms with Gasteiger partial charge in [0.1, 0.15) is 0 Å². The van der Waals surface area contributed by atoms with E-state index in [1.165, 1.54) is 19.3 Å². The van der Waals surface area contributed by atoms with E-state index in [4.69, 9.17) is 0 Å². The molecule has 3 saturated carbocycles. The smallest absolute Gasteiger partial charge is 0.172 e. The lowest BCUT2D eigenvalue weighted by Crippen LogP contribution is -2.23. The zero-order chi connectivity index (χ0) is 6.93. The molecule has 3 fully saturated rings. The topological polar surface area (TPSA) is 0 Å². The van der Waals surface area contributed by atoms with E-state index in [9.17, 15) is 4.39 Å². The van der Waals surface area contributed by atoms with E-state index < -0.39 is 4.58 Å². The van der Waals surface area contributed by atoms with Crippen LogP contribution in [-0.4, -0.2) is 4.58 Å². The summed E-state index contributed by atoms with van der Waals surface area (Å²) >= 11 is 3.17. The molecule has 0 spiro atoms. The molecule has 0 aromatic carbocycles. The number of rotatable bonds is 0. The molecule has 0 aliphatic heterocycles. The van der Waals surface area contributed by atoms with Crippen LogP contribution in [0.1, 0.15) is 19.3 Å². The summed E-state index contributed by atoms with van der Waals surface area (Å²) in [4.78, 5) is 0. The van der Waals surface area contributed by atoms with E-state index in [1.54, 1.807) is 0 Å². The molecule has 0 heterocycles. The molecule has 0 amide bonds. The molecule has 0 aromatic heterocycles. The standard InChI is InChI=1S/C8H10BrF/c9-8(10)6-4-2-1-3-5(4)7(6)8/h4-7H,1-3H2/t4-,5+,6+,7-,8?. The molecule has 5 atom stereocenters. The van der Waals surface area contributed by atoms with Gasteiger partial charge >= 0.3 is 0 Å². The van der Waals surface area contributed by atoms with Crippen molar-refractivity contribution in [2.24, 2.45) is 23.7 Å². The Morgan fingerprint density at radius 3 is 2.20 bits per heavy atom. The Balaban J connectivity index is 1.89. The van der Waals surface area contributed by atoms with Crippen LogP contribution in [0.3, 0.4) is 0 Å². The van der Waals surface area contributed by atoms with Gasteiger partial charge in [-0.3, -0.25) is 0 Å². The van der Waals surface area contributed by atoms with Crippen LogP contribution in [-0.2, 0) is 0 Å². The van der Waals surface area contributed by atoms with Crippen LogP contribution >= 0.6 is 15.9 Å². The number of alkyl halides is 2. The quantitative estimate of drug-likeness (QED) is 0.533. The normalized spacial score (nSPS) is 70.2. The monoisotopic (exact) mass is 204 g/mol. The fraction of sp³-hybridized carbons (Fsp3) is 1.00. The predicted octanol–water partition coefficient (Wildman–Crippen LogP) is 2.72. The lowest BCUT2D eigenvalue weighted by Gasteiger charge is -2.26. The van der Waals surface area contributed by atoms with Gasteiger partial charge in [-0.25, -0.2) is 4.39 Å². The van der Waals surface area contributed by atoms with Crippen molar-refractivity contribution in [3.63, 3.8) is 0 Å². The molecule has 0 bridgehead atoms. The van der Waals surface area contributed by atoms with Crippen molar-refractivity contribution >= 4 is 15.9 Å². The third kappa shape index (κ3) is 0.440. The molecular weight excluding hydrogens is 195 g/mol. The highest BCUT2D eigenvalue weighted by atomic mass is 79.9. The van der Waals surface area contributed by atoms with Crippen LogP contribution in [0.5, 0.6) is 0 Å². The van der Waals surface area contributed by atoms with Crippen LogP contribution in [0.25, 0.3) is 0 Å². The van der Waals surface area contributed by atoms with Gasteiger partial charge in [-0.1, -0.05) is 6.42 Å². The summed E-state index contributed by atoms with van der Waals surface area (Å²) in [5.41, 5.74) is 0. The predicted molar refractivity (Wildman–Crippen MR) is 40.6 cm³/mol. The van der Waals surface area contributed by atoms with Gasteiger partial charge in [-0.15, -0.1) is 0 Å². The minimum atomic E-state index is -0.914. The van der Waals surface area contributed by atoms with Gasteiger partial charge in [0, 0.05) is 11.8 Å². The Labute approximate surface area is 68.3 Å². The molecule has 2 heteroatoms. The molecular formula is C8H10BrF. The first kappa shape index (κ1) is 5.99. The summed E-state index contributed by atoms with van der Waals surface area (Å²) < 4.78 is 12.4. The number of hydrogen-bond donors (Lipinski definition) is 0. The number of halogens is 2. The van der Waals surface area contributed by atoms with Crippen LogP contribution < -0.4 is 0 Å². The van der Waals surface area contributed by atoms with E-state index in [2.05, 4.69) is 15.9 Å². The van der Waals surface area contributed by atoms with E-state index in [1.807, 2.05) is 0 Å². The summed E-state index contributed by atoms with van der Waals surface area (Å²) in [6.07, 6.45) is 3.94. The maximum atomic E-state index is 13.3. The third-order valence-electron chi connectivity index (χ3n) is 3.71. The van der Waals surface area contributed by atoms with Crippen molar-refractivity contribution < 1.29 is 4.39 Å². The molecule has 0 nitrogen and oxygen atoms in total. The molecule has 0 N–H and O–H groups in total. The molecule has 3 rings (SSSR count). The maximum absolute atomic E-state index is 13.3. The Hall–Kier alpha value is 0.410. The molecule has 0 saturated heterocycles. The molecule has 3 aliphatic rings. The van der Waals surface area contributed by atoms with Crippen molar-refractivity contribution in [1.29, 1.82) is 0 Å². The van der Waals surface area contributed by atoms with E-state index in [0.29, 0.717) is 11.8 Å². The van der Waals surface area contributed by atoms with Crippen molar-refractivity contribution in [2.45, 2.75) is 23.8 Å². The maximum Gasteiger partial charge on any atom is 0.172 e. The second-order valence-electron chi connectivity index (χ2n) is 3.98. The number of fused-ring (bicyclic) bond motifs is 4. The Kier molecular flexibility index (Phi) is 0.869. The molecule has 1 unspecified atom stereocenters. The highest BCUT2D eigenvalue weighted by Gasteiger charge is 2.79. The van der Waals surface area contributed by atoms with Gasteiger partial charge < -0.3 is 0 Å².